The van der Waals surface area contributed by atoms with E-state index in [9.17, 15) is 4.79 Å². The Balaban J connectivity index is 0.000000861. The Morgan fingerprint density at radius 1 is 1.26 bits per heavy atom. The van der Waals surface area contributed by atoms with Gasteiger partial charge in [0.2, 0.25) is 0 Å². The van der Waals surface area contributed by atoms with Crippen molar-refractivity contribution in [3.63, 3.8) is 0 Å². The lowest BCUT2D eigenvalue weighted by Gasteiger charge is -2.51. The van der Waals surface area contributed by atoms with E-state index in [-0.39, 0.29) is 16.8 Å². The van der Waals surface area contributed by atoms with Gasteiger partial charge in [-0.3, -0.25) is 9.69 Å². The summed E-state index contributed by atoms with van der Waals surface area (Å²) in [6.45, 7) is 8.48. The average Bonchev–Trinajstić information content (AvgIpc) is 2.63. The molecule has 2 rings (SSSR count). The molecule has 0 N–H and O–H groups in total. The van der Waals surface area contributed by atoms with Gasteiger partial charge in [0.05, 0.1) is 0 Å². The predicted molar refractivity (Wildman–Crippen MR) is 87.4 cm³/mol. The second-order valence-corrected chi connectivity index (χ2v) is 6.77. The van der Waals surface area contributed by atoms with Crippen molar-refractivity contribution in [2.75, 3.05) is 19.0 Å². The number of carbonyl (C=O) groups is 1. The Hall–Kier alpha value is 0.160. The molecule has 112 valence electrons. The van der Waals surface area contributed by atoms with Gasteiger partial charge in [0, 0.05) is 18.8 Å². The summed E-state index contributed by atoms with van der Waals surface area (Å²) in [5.41, 5.74) is -0.113. The Morgan fingerprint density at radius 2 is 1.79 bits per heavy atom. The fourth-order valence-corrected chi connectivity index (χ4v) is 4.37. The molecular formula is C15H28INO2. The normalized spacial score (nSPS) is 38.9. The summed E-state index contributed by atoms with van der Waals surface area (Å²) >= 11 is 2.15. The van der Waals surface area contributed by atoms with Gasteiger partial charge in [0.1, 0.15) is 0 Å². The third-order valence-corrected chi connectivity index (χ3v) is 5.86. The molecule has 19 heavy (non-hydrogen) atoms. The first-order valence-electron chi connectivity index (χ1n) is 6.92. The lowest BCUT2D eigenvalue weighted by Crippen LogP contribution is -2.58. The maximum absolute atomic E-state index is 11.5. The first kappa shape index (κ1) is 17.2. The van der Waals surface area contributed by atoms with Gasteiger partial charge in [-0.25, -0.2) is 0 Å². The molecular weight excluding hydrogens is 353 g/mol. The van der Waals surface area contributed by atoms with Crippen LogP contribution in [0.5, 0.6) is 0 Å². The van der Waals surface area contributed by atoms with Crippen LogP contribution >= 0.6 is 22.6 Å². The van der Waals surface area contributed by atoms with E-state index in [1.54, 1.807) is 0 Å². The van der Waals surface area contributed by atoms with Gasteiger partial charge in [0.15, 0.2) is 5.72 Å². The molecule has 3 unspecified atom stereocenters. The Labute approximate surface area is 131 Å². The lowest BCUT2D eigenvalue weighted by atomic mass is 9.67. The summed E-state index contributed by atoms with van der Waals surface area (Å²) in [4.78, 5) is 15.6. The highest BCUT2D eigenvalue weighted by molar-refractivity contribution is 14.1. The molecule has 2 bridgehead atoms. The molecule has 0 spiro atoms. The minimum Gasteiger partial charge on any atom is -0.443 e. The maximum atomic E-state index is 11.5. The van der Waals surface area contributed by atoms with Crippen LogP contribution in [-0.2, 0) is 9.53 Å². The summed E-state index contributed by atoms with van der Waals surface area (Å²) < 4.78 is 5.82. The van der Waals surface area contributed by atoms with Gasteiger partial charge >= 0.3 is 5.97 Å². The second-order valence-electron chi connectivity index (χ2n) is 6.77. The molecule has 0 aliphatic heterocycles. The van der Waals surface area contributed by atoms with Crippen LogP contribution in [0.4, 0.5) is 0 Å². The molecule has 0 saturated heterocycles. The van der Waals surface area contributed by atoms with E-state index >= 15 is 0 Å². The fraction of sp³-hybridized carbons (Fsp3) is 0.933. The van der Waals surface area contributed by atoms with Crippen LogP contribution in [0.1, 0.15) is 47.0 Å². The zero-order chi connectivity index (χ0) is 15.1. The molecule has 2 fully saturated rings. The van der Waals surface area contributed by atoms with Gasteiger partial charge in [-0.1, -0.05) is 43.4 Å². The van der Waals surface area contributed by atoms with Crippen molar-refractivity contribution in [3.05, 3.63) is 0 Å². The zero-order valence-corrected chi connectivity index (χ0v) is 15.5. The molecule has 0 amide bonds. The molecule has 4 heteroatoms. The monoisotopic (exact) mass is 381 g/mol. The Bertz CT molecular complexity index is 356. The number of nitrogens with zero attached hydrogens (tertiary/aromatic N) is 1. The largest absolute Gasteiger partial charge is 0.443 e. The first-order chi connectivity index (χ1) is 8.67. The Kier molecular flexibility index (Phi) is 4.99. The minimum absolute atomic E-state index is 0.0554. The van der Waals surface area contributed by atoms with E-state index in [0.717, 1.165) is 12.8 Å². The van der Waals surface area contributed by atoms with Crippen molar-refractivity contribution in [3.8, 4) is 0 Å². The van der Waals surface area contributed by atoms with Crippen molar-refractivity contribution in [1.82, 2.24) is 4.90 Å². The number of hydrogen-bond donors (Lipinski definition) is 0. The molecule has 2 aliphatic rings. The van der Waals surface area contributed by atoms with Crippen LogP contribution in [0.3, 0.4) is 0 Å². The summed E-state index contributed by atoms with van der Waals surface area (Å²) in [6, 6.07) is 0. The van der Waals surface area contributed by atoms with Crippen LogP contribution in [0.2, 0.25) is 0 Å². The number of halogens is 1. The number of carbonyl (C=O) groups excluding carboxylic acids is 1. The SMILES string of the molecule is CC(=O)OC1(N(C)C)CC2CCC1(C)C2(C)C.CI. The number of alkyl halides is 1. The summed E-state index contributed by atoms with van der Waals surface area (Å²) in [6.07, 6.45) is 3.39. The molecule has 0 heterocycles. The number of hydrogen-bond acceptors (Lipinski definition) is 3. The first-order valence-corrected chi connectivity index (χ1v) is 9.08. The molecule has 0 radical (unpaired) electrons. The van der Waals surface area contributed by atoms with Crippen LogP contribution in [0.15, 0.2) is 0 Å². The highest BCUT2D eigenvalue weighted by atomic mass is 127. The topological polar surface area (TPSA) is 29.5 Å². The van der Waals surface area contributed by atoms with E-state index in [1.807, 2.05) is 19.0 Å². The van der Waals surface area contributed by atoms with Crippen LogP contribution < -0.4 is 0 Å². The van der Waals surface area contributed by atoms with Crippen molar-refractivity contribution < 1.29 is 9.53 Å². The van der Waals surface area contributed by atoms with Crippen LogP contribution in [0.25, 0.3) is 0 Å². The van der Waals surface area contributed by atoms with Crippen LogP contribution in [-0.4, -0.2) is 35.6 Å². The smallest absolute Gasteiger partial charge is 0.304 e. The molecule has 0 aromatic carbocycles. The number of fused-ring (bicyclic) bond motifs is 2. The number of esters is 1. The van der Waals surface area contributed by atoms with Gasteiger partial charge in [-0.2, -0.15) is 0 Å². The summed E-state index contributed by atoms with van der Waals surface area (Å²) in [7, 11) is 4.07. The van der Waals surface area contributed by atoms with Gasteiger partial charge in [0.25, 0.3) is 0 Å². The van der Waals surface area contributed by atoms with E-state index in [4.69, 9.17) is 4.74 Å². The standard InChI is InChI=1S/C14H25NO2.CH3I/c1-10(16)17-14(15(5)6)9-11-7-8-13(14,4)12(11,2)3;1-2/h11H,7-9H2,1-6H3;1H3. The van der Waals surface area contributed by atoms with Gasteiger partial charge < -0.3 is 4.74 Å². The van der Waals surface area contributed by atoms with E-state index in [2.05, 4.69) is 48.3 Å². The van der Waals surface area contributed by atoms with Gasteiger partial charge in [-0.05, 0) is 43.2 Å². The third-order valence-electron chi connectivity index (χ3n) is 5.86. The zero-order valence-electron chi connectivity index (χ0n) is 13.3. The highest BCUT2D eigenvalue weighted by Crippen LogP contribution is 2.71. The van der Waals surface area contributed by atoms with Crippen molar-refractivity contribution in [1.29, 1.82) is 0 Å². The Morgan fingerprint density at radius 3 is 2.05 bits per heavy atom. The van der Waals surface area contributed by atoms with Crippen LogP contribution in [0, 0.1) is 16.7 Å². The molecule has 0 aromatic rings. The molecule has 2 saturated carbocycles. The van der Waals surface area contributed by atoms with E-state index in [0.29, 0.717) is 5.92 Å². The second kappa shape index (κ2) is 5.51. The molecule has 3 nitrogen and oxygen atoms in total. The third kappa shape index (κ3) is 2.23. The molecule has 2 aliphatic carbocycles. The van der Waals surface area contributed by atoms with E-state index < -0.39 is 5.72 Å². The lowest BCUT2D eigenvalue weighted by molar-refractivity contribution is -0.215. The van der Waals surface area contributed by atoms with Crippen molar-refractivity contribution in [2.24, 2.45) is 16.7 Å². The number of ether oxygens (including phenoxy) is 1. The van der Waals surface area contributed by atoms with Crippen molar-refractivity contribution in [2.45, 2.75) is 52.7 Å². The van der Waals surface area contributed by atoms with Crippen molar-refractivity contribution >= 4 is 28.6 Å². The highest BCUT2D eigenvalue weighted by Gasteiger charge is 2.71. The van der Waals surface area contributed by atoms with E-state index in [1.165, 1.54) is 13.3 Å². The molecule has 3 atom stereocenters. The fourth-order valence-electron chi connectivity index (χ4n) is 4.37. The molecule has 0 aromatic heterocycles. The minimum atomic E-state index is -0.411. The number of rotatable bonds is 2. The summed E-state index contributed by atoms with van der Waals surface area (Å²) in [5, 5.41) is 0. The quantitative estimate of drug-likeness (QED) is 0.316. The summed E-state index contributed by atoms with van der Waals surface area (Å²) in [5.74, 6) is 0.498. The predicted octanol–water partition coefficient (Wildman–Crippen LogP) is 3.70. The van der Waals surface area contributed by atoms with Gasteiger partial charge in [-0.15, -0.1) is 0 Å². The maximum Gasteiger partial charge on any atom is 0.304 e. The average molecular weight is 381 g/mol.